The summed E-state index contributed by atoms with van der Waals surface area (Å²) in [6.45, 7) is 0.828. The summed E-state index contributed by atoms with van der Waals surface area (Å²) in [5.74, 6) is 0. The van der Waals surface area contributed by atoms with Crippen molar-refractivity contribution in [3.63, 3.8) is 0 Å². The van der Waals surface area contributed by atoms with Crippen LogP contribution in [0.5, 0.6) is 0 Å². The van der Waals surface area contributed by atoms with E-state index in [0.29, 0.717) is 0 Å². The highest BCUT2D eigenvalue weighted by atomic mass is 15.1. The molecule has 2 aromatic carbocycles. The molecule has 0 atom stereocenters. The highest BCUT2D eigenvalue weighted by molar-refractivity contribution is 5.79. The van der Waals surface area contributed by atoms with Gasteiger partial charge in [0.25, 0.3) is 0 Å². The van der Waals surface area contributed by atoms with Crippen molar-refractivity contribution in [1.29, 1.82) is 0 Å². The van der Waals surface area contributed by atoms with Crippen molar-refractivity contribution in [3.8, 4) is 11.1 Å². The van der Waals surface area contributed by atoms with Crippen molar-refractivity contribution in [2.75, 3.05) is 0 Å². The van der Waals surface area contributed by atoms with E-state index in [1.54, 1.807) is 0 Å². The molecule has 3 heterocycles. The largest absolute Gasteiger partial charge is 0.350 e. The van der Waals surface area contributed by atoms with Gasteiger partial charge in [-0.05, 0) is 58.7 Å². The van der Waals surface area contributed by atoms with Gasteiger partial charge in [0.2, 0.25) is 0 Å². The lowest BCUT2D eigenvalue weighted by atomic mass is 9.94. The average Bonchev–Trinajstić information content (AvgIpc) is 2.77. The number of fused-ring (bicyclic) bond motifs is 2. The van der Waals surface area contributed by atoms with Crippen LogP contribution in [0.25, 0.3) is 34.2 Å². The molecule has 1 aliphatic heterocycles. The van der Waals surface area contributed by atoms with Gasteiger partial charge in [0, 0.05) is 36.7 Å². The first-order valence-electron chi connectivity index (χ1n) is 9.37. The van der Waals surface area contributed by atoms with Crippen molar-refractivity contribution in [2.45, 2.75) is 6.54 Å². The fourth-order valence-corrected chi connectivity index (χ4v) is 3.60. The first kappa shape index (κ1) is 16.5. The van der Waals surface area contributed by atoms with Crippen LogP contribution in [0, 0.1) is 0 Å². The van der Waals surface area contributed by atoms with Gasteiger partial charge < -0.3 is 4.90 Å². The van der Waals surface area contributed by atoms with E-state index >= 15 is 0 Å². The van der Waals surface area contributed by atoms with Crippen molar-refractivity contribution < 1.29 is 0 Å². The topological polar surface area (TPSA) is 29.0 Å². The van der Waals surface area contributed by atoms with Gasteiger partial charge in [0.1, 0.15) is 0 Å². The van der Waals surface area contributed by atoms with E-state index in [4.69, 9.17) is 4.98 Å². The van der Waals surface area contributed by atoms with Crippen LogP contribution in [0.1, 0.15) is 16.8 Å². The van der Waals surface area contributed by atoms with E-state index < -0.39 is 0 Å². The summed E-state index contributed by atoms with van der Waals surface area (Å²) in [5, 5.41) is 1.16. The Balaban J connectivity index is 1.43. The predicted octanol–water partition coefficient (Wildman–Crippen LogP) is 5.75. The summed E-state index contributed by atoms with van der Waals surface area (Å²) >= 11 is 0. The number of hydrogen-bond acceptors (Lipinski definition) is 3. The zero-order chi connectivity index (χ0) is 18.8. The Morgan fingerprint density at radius 3 is 2.68 bits per heavy atom. The maximum atomic E-state index is 4.72. The van der Waals surface area contributed by atoms with Gasteiger partial charge in [-0.3, -0.25) is 4.98 Å². The number of nitrogens with zero attached hydrogens (tertiary/aromatic N) is 3. The van der Waals surface area contributed by atoms with Gasteiger partial charge in [0.15, 0.2) is 0 Å². The van der Waals surface area contributed by atoms with Crippen LogP contribution in [-0.2, 0) is 6.54 Å². The summed E-state index contributed by atoms with van der Waals surface area (Å²) in [6.07, 6.45) is 12.1. The van der Waals surface area contributed by atoms with Crippen molar-refractivity contribution >= 4 is 23.1 Å². The summed E-state index contributed by atoms with van der Waals surface area (Å²) in [7, 11) is 0. The number of aromatic nitrogens is 2. The van der Waals surface area contributed by atoms with E-state index in [-0.39, 0.29) is 0 Å². The summed E-state index contributed by atoms with van der Waals surface area (Å²) < 4.78 is 0. The van der Waals surface area contributed by atoms with Crippen molar-refractivity contribution in [2.24, 2.45) is 0 Å². The minimum atomic E-state index is 0.828. The van der Waals surface area contributed by atoms with Crippen LogP contribution in [0.3, 0.4) is 0 Å². The van der Waals surface area contributed by atoms with Crippen molar-refractivity contribution in [1.82, 2.24) is 14.9 Å². The van der Waals surface area contributed by atoms with Crippen LogP contribution < -0.4 is 0 Å². The third-order valence-corrected chi connectivity index (χ3v) is 5.05. The molecular weight excluding hydrogens is 342 g/mol. The minimum Gasteiger partial charge on any atom is -0.350 e. The molecule has 1 aliphatic rings. The van der Waals surface area contributed by atoms with Crippen LogP contribution in [-0.4, -0.2) is 14.9 Å². The predicted molar refractivity (Wildman–Crippen MR) is 115 cm³/mol. The first-order chi connectivity index (χ1) is 13.9. The summed E-state index contributed by atoms with van der Waals surface area (Å²) in [6, 6.07) is 23.0. The van der Waals surface area contributed by atoms with Gasteiger partial charge in [-0.25, -0.2) is 4.98 Å². The third kappa shape index (κ3) is 3.19. The molecule has 3 nitrogen and oxygen atoms in total. The average molecular weight is 361 g/mol. The minimum absolute atomic E-state index is 0.828. The van der Waals surface area contributed by atoms with Gasteiger partial charge in [-0.15, -0.1) is 0 Å². The molecule has 0 spiro atoms. The zero-order valence-corrected chi connectivity index (χ0v) is 15.4. The lowest BCUT2D eigenvalue weighted by molar-refractivity contribution is 0.501. The van der Waals surface area contributed by atoms with E-state index in [1.165, 1.54) is 22.3 Å². The van der Waals surface area contributed by atoms with Gasteiger partial charge >= 0.3 is 0 Å². The molecule has 0 saturated heterocycles. The van der Waals surface area contributed by atoms with E-state index in [9.17, 15) is 0 Å². The fourth-order valence-electron chi connectivity index (χ4n) is 3.60. The molecular formula is C25H19N3. The second-order valence-electron chi connectivity index (χ2n) is 6.84. The molecule has 0 unspecified atom stereocenters. The van der Waals surface area contributed by atoms with E-state index in [0.717, 1.165) is 23.1 Å². The normalized spacial score (nSPS) is 13.2. The van der Waals surface area contributed by atoms with E-state index in [2.05, 4.69) is 83.0 Å². The SMILES string of the molecule is C1=CN(/C=C/c2ccc3ccccc3n2)Cc2c1cccc2-c1ccncc1. The Morgan fingerprint density at radius 1 is 0.857 bits per heavy atom. The molecule has 0 bridgehead atoms. The second-order valence-corrected chi connectivity index (χ2v) is 6.84. The quantitative estimate of drug-likeness (QED) is 0.465. The fraction of sp³-hybridized carbons (Fsp3) is 0.0400. The number of para-hydroxylation sites is 1. The van der Waals surface area contributed by atoms with Crippen LogP contribution >= 0.6 is 0 Å². The number of benzene rings is 2. The monoisotopic (exact) mass is 361 g/mol. The number of hydrogen-bond donors (Lipinski definition) is 0. The Hall–Kier alpha value is -3.72. The maximum Gasteiger partial charge on any atom is 0.0709 e. The lowest BCUT2D eigenvalue weighted by Crippen LogP contribution is -2.14. The molecule has 2 aromatic heterocycles. The molecule has 5 rings (SSSR count). The second kappa shape index (κ2) is 7.12. The molecule has 134 valence electrons. The lowest BCUT2D eigenvalue weighted by Gasteiger charge is -2.24. The molecule has 0 amide bonds. The van der Waals surface area contributed by atoms with E-state index in [1.807, 2.05) is 30.6 Å². The third-order valence-electron chi connectivity index (χ3n) is 5.05. The zero-order valence-electron chi connectivity index (χ0n) is 15.4. The molecule has 3 heteroatoms. The first-order valence-corrected chi connectivity index (χ1v) is 9.37. The highest BCUT2D eigenvalue weighted by Gasteiger charge is 2.14. The summed E-state index contributed by atoms with van der Waals surface area (Å²) in [4.78, 5) is 11.1. The Labute approximate surface area is 164 Å². The molecule has 0 fully saturated rings. The molecule has 0 aliphatic carbocycles. The Kier molecular flexibility index (Phi) is 4.19. The molecule has 0 N–H and O–H groups in total. The maximum absolute atomic E-state index is 4.72. The highest BCUT2D eigenvalue weighted by Crippen LogP contribution is 2.30. The molecule has 0 radical (unpaired) electrons. The van der Waals surface area contributed by atoms with Crippen LogP contribution in [0.2, 0.25) is 0 Å². The molecule has 28 heavy (non-hydrogen) atoms. The Morgan fingerprint density at radius 2 is 1.75 bits per heavy atom. The standard InChI is InChI=1S/C25H19N3/c1-2-7-25-21(4-1)8-9-22(27-25)13-17-28-16-12-19-5-3-6-23(24(19)18-28)20-10-14-26-15-11-20/h1-17H,18H2/b17-13+. The number of rotatable bonds is 3. The van der Waals surface area contributed by atoms with Crippen LogP contribution in [0.15, 0.2) is 91.5 Å². The van der Waals surface area contributed by atoms with Crippen LogP contribution in [0.4, 0.5) is 0 Å². The molecule has 4 aromatic rings. The molecule has 0 saturated carbocycles. The van der Waals surface area contributed by atoms with Gasteiger partial charge in [0.05, 0.1) is 11.2 Å². The van der Waals surface area contributed by atoms with Crippen molar-refractivity contribution in [3.05, 3.63) is 108 Å². The summed E-state index contributed by atoms with van der Waals surface area (Å²) in [5.41, 5.74) is 7.02. The number of pyridine rings is 2. The van der Waals surface area contributed by atoms with Gasteiger partial charge in [-0.2, -0.15) is 0 Å². The Bertz CT molecular complexity index is 1190. The van der Waals surface area contributed by atoms with Gasteiger partial charge in [-0.1, -0.05) is 42.5 Å². The smallest absolute Gasteiger partial charge is 0.0709 e.